The Morgan fingerprint density at radius 2 is 1.50 bits per heavy atom. The van der Waals surface area contributed by atoms with E-state index in [1.807, 2.05) is 48.2 Å². The second-order valence-electron chi connectivity index (χ2n) is 7.88. The number of ether oxygens (including phenoxy) is 1. The van der Waals surface area contributed by atoms with Crippen molar-refractivity contribution in [3.8, 4) is 11.5 Å². The van der Waals surface area contributed by atoms with E-state index in [0.717, 1.165) is 17.3 Å². The van der Waals surface area contributed by atoms with Crippen LogP contribution in [0.4, 0.5) is 5.69 Å². The molecule has 0 heterocycles. The highest BCUT2D eigenvalue weighted by Crippen LogP contribution is 2.25. The molecule has 0 aliphatic rings. The lowest BCUT2D eigenvalue weighted by Crippen LogP contribution is -2.44. The fourth-order valence-electron chi connectivity index (χ4n) is 3.04. The summed E-state index contributed by atoms with van der Waals surface area (Å²) in [6.45, 7) is 4.92. The average molecular weight is 408 g/mol. The van der Waals surface area contributed by atoms with Gasteiger partial charge in [-0.2, -0.15) is 11.8 Å². The molecule has 4 heteroatoms. The van der Waals surface area contributed by atoms with E-state index in [-0.39, 0.29) is 0 Å². The Bertz CT molecular complexity index is 879. The second kappa shape index (κ2) is 9.35. The van der Waals surface area contributed by atoms with Gasteiger partial charge in [0.25, 0.3) is 0 Å². The first kappa shape index (κ1) is 20.6. The standard InChI is InChI=1S/C24H29NOSSi/c1-25(2)21-13-15-24(16-14-21)28(3,4)19-27-18-20-9-8-12-23(17-20)26-22-10-6-5-7-11-22/h5-17H,18-19H2,1-4H3. The van der Waals surface area contributed by atoms with E-state index in [1.165, 1.54) is 21.8 Å². The highest BCUT2D eigenvalue weighted by molar-refractivity contribution is 8.00. The maximum absolute atomic E-state index is 5.96. The van der Waals surface area contributed by atoms with Crippen molar-refractivity contribution in [2.75, 3.05) is 24.4 Å². The van der Waals surface area contributed by atoms with Crippen LogP contribution < -0.4 is 14.8 Å². The van der Waals surface area contributed by atoms with E-state index in [9.17, 15) is 0 Å². The molecule has 28 heavy (non-hydrogen) atoms. The van der Waals surface area contributed by atoms with E-state index < -0.39 is 8.07 Å². The van der Waals surface area contributed by atoms with Crippen LogP contribution in [0.1, 0.15) is 5.56 Å². The number of anilines is 1. The molecule has 0 radical (unpaired) electrons. The molecular formula is C24H29NOSSi. The first-order valence-corrected chi connectivity index (χ1v) is 14.0. The van der Waals surface area contributed by atoms with Crippen molar-refractivity contribution in [1.82, 2.24) is 0 Å². The molecule has 0 saturated carbocycles. The predicted molar refractivity (Wildman–Crippen MR) is 127 cm³/mol. The van der Waals surface area contributed by atoms with Gasteiger partial charge in [0.15, 0.2) is 0 Å². The molecular weight excluding hydrogens is 378 g/mol. The molecule has 0 fully saturated rings. The van der Waals surface area contributed by atoms with Gasteiger partial charge in [-0.3, -0.25) is 0 Å². The monoisotopic (exact) mass is 407 g/mol. The normalized spacial score (nSPS) is 11.3. The molecule has 0 amide bonds. The first-order valence-electron chi connectivity index (χ1n) is 9.61. The van der Waals surface area contributed by atoms with Crippen molar-refractivity contribution in [1.29, 1.82) is 0 Å². The van der Waals surface area contributed by atoms with Crippen LogP contribution in [0.25, 0.3) is 0 Å². The molecule has 0 aliphatic heterocycles. The number of rotatable bonds is 8. The molecule has 3 aromatic carbocycles. The fraction of sp³-hybridized carbons (Fsp3) is 0.250. The highest BCUT2D eigenvalue weighted by atomic mass is 32.2. The Balaban J connectivity index is 1.57. The molecule has 0 bridgehead atoms. The number of hydrogen-bond acceptors (Lipinski definition) is 3. The van der Waals surface area contributed by atoms with Crippen LogP contribution >= 0.6 is 11.8 Å². The van der Waals surface area contributed by atoms with Gasteiger partial charge in [-0.05, 0) is 47.3 Å². The lowest BCUT2D eigenvalue weighted by atomic mass is 10.2. The van der Waals surface area contributed by atoms with Crippen LogP contribution in [0.15, 0.2) is 78.9 Å². The quantitative estimate of drug-likeness (QED) is 0.429. The van der Waals surface area contributed by atoms with E-state index >= 15 is 0 Å². The third kappa shape index (κ3) is 5.66. The first-order chi connectivity index (χ1) is 13.4. The lowest BCUT2D eigenvalue weighted by molar-refractivity contribution is 0.482. The van der Waals surface area contributed by atoms with E-state index in [1.54, 1.807) is 0 Å². The minimum Gasteiger partial charge on any atom is -0.457 e. The zero-order valence-corrected chi connectivity index (χ0v) is 19.0. The van der Waals surface area contributed by atoms with E-state index in [4.69, 9.17) is 4.74 Å². The van der Waals surface area contributed by atoms with Crippen LogP contribution in [0.3, 0.4) is 0 Å². The zero-order chi connectivity index (χ0) is 20.0. The fourth-order valence-corrected chi connectivity index (χ4v) is 7.64. The Morgan fingerprint density at radius 1 is 0.821 bits per heavy atom. The van der Waals surface area contributed by atoms with E-state index in [0.29, 0.717) is 0 Å². The van der Waals surface area contributed by atoms with Crippen molar-refractivity contribution in [3.05, 3.63) is 84.4 Å². The molecule has 0 aliphatic carbocycles. The molecule has 0 N–H and O–H groups in total. The van der Waals surface area contributed by atoms with Gasteiger partial charge in [0, 0.05) is 25.5 Å². The number of thioether (sulfide) groups is 1. The summed E-state index contributed by atoms with van der Waals surface area (Å²) in [5.41, 5.74) is 2.57. The maximum atomic E-state index is 5.96. The van der Waals surface area contributed by atoms with Crippen LogP contribution in [0.2, 0.25) is 13.1 Å². The summed E-state index contributed by atoms with van der Waals surface area (Å²) in [6.07, 6.45) is 0. The van der Waals surface area contributed by atoms with Crippen LogP contribution in [0.5, 0.6) is 11.5 Å². The van der Waals surface area contributed by atoms with Crippen molar-refractivity contribution >= 4 is 30.7 Å². The topological polar surface area (TPSA) is 12.5 Å². The molecule has 0 spiro atoms. The largest absolute Gasteiger partial charge is 0.457 e. The SMILES string of the molecule is CN(C)c1ccc([Si](C)(C)CSCc2cccc(Oc3ccccc3)c2)cc1. The second-order valence-corrected chi connectivity index (χ2v) is 14.1. The smallest absolute Gasteiger partial charge is 0.127 e. The summed E-state index contributed by atoms with van der Waals surface area (Å²) in [5, 5.41) is 2.73. The average Bonchev–Trinajstić information content (AvgIpc) is 2.69. The number of nitrogens with zero attached hydrogens (tertiary/aromatic N) is 1. The molecule has 0 unspecified atom stereocenters. The lowest BCUT2D eigenvalue weighted by Gasteiger charge is -2.23. The van der Waals surface area contributed by atoms with Gasteiger partial charge in [-0.25, -0.2) is 0 Å². The van der Waals surface area contributed by atoms with E-state index in [2.05, 4.69) is 74.6 Å². The van der Waals surface area contributed by atoms with Gasteiger partial charge in [-0.1, -0.05) is 60.7 Å². The number of para-hydroxylation sites is 1. The summed E-state index contributed by atoms with van der Waals surface area (Å²) >= 11 is 2.03. The van der Waals surface area contributed by atoms with Gasteiger partial charge in [0.05, 0.1) is 8.07 Å². The molecule has 3 aromatic rings. The number of hydrogen-bond donors (Lipinski definition) is 0. The van der Waals surface area contributed by atoms with Crippen molar-refractivity contribution in [3.63, 3.8) is 0 Å². The molecule has 0 aromatic heterocycles. The van der Waals surface area contributed by atoms with Crippen LogP contribution in [-0.4, -0.2) is 27.5 Å². The van der Waals surface area contributed by atoms with Crippen molar-refractivity contribution in [2.24, 2.45) is 0 Å². The molecule has 0 atom stereocenters. The van der Waals surface area contributed by atoms with Gasteiger partial charge in [0.2, 0.25) is 0 Å². The van der Waals surface area contributed by atoms with Crippen molar-refractivity contribution in [2.45, 2.75) is 18.8 Å². The van der Waals surface area contributed by atoms with Gasteiger partial charge in [0.1, 0.15) is 11.5 Å². The Hall–Kier alpha value is -2.17. The zero-order valence-electron chi connectivity index (χ0n) is 17.2. The Labute approximate surface area is 174 Å². The van der Waals surface area contributed by atoms with Crippen molar-refractivity contribution < 1.29 is 4.74 Å². The molecule has 2 nitrogen and oxygen atoms in total. The van der Waals surface area contributed by atoms with Gasteiger partial charge < -0.3 is 9.64 Å². The third-order valence-corrected chi connectivity index (χ3v) is 10.9. The minimum atomic E-state index is -1.45. The minimum absolute atomic E-state index is 0.877. The summed E-state index contributed by atoms with van der Waals surface area (Å²) in [6, 6.07) is 27.5. The predicted octanol–water partition coefficient (Wildman–Crippen LogP) is 5.93. The molecule has 3 rings (SSSR count). The Kier molecular flexibility index (Phi) is 6.86. The summed E-state index contributed by atoms with van der Waals surface area (Å²) in [4.78, 5) is 2.15. The van der Waals surface area contributed by atoms with Gasteiger partial charge in [-0.15, -0.1) is 0 Å². The van der Waals surface area contributed by atoms with Crippen LogP contribution in [0, 0.1) is 0 Å². The molecule has 146 valence electrons. The summed E-state index contributed by atoms with van der Waals surface area (Å²) in [7, 11) is 2.72. The Morgan fingerprint density at radius 3 is 2.18 bits per heavy atom. The highest BCUT2D eigenvalue weighted by Gasteiger charge is 2.23. The third-order valence-electron chi connectivity index (χ3n) is 4.77. The number of benzene rings is 3. The molecule has 0 saturated heterocycles. The van der Waals surface area contributed by atoms with Gasteiger partial charge >= 0.3 is 0 Å². The van der Waals surface area contributed by atoms with Crippen LogP contribution in [-0.2, 0) is 5.75 Å². The maximum Gasteiger partial charge on any atom is 0.127 e. The summed E-state index contributed by atoms with van der Waals surface area (Å²) < 4.78 is 5.96. The summed E-state index contributed by atoms with van der Waals surface area (Å²) in [5.74, 6) is 2.79.